The van der Waals surface area contributed by atoms with Gasteiger partial charge in [0.15, 0.2) is 12.2 Å². The molecule has 0 aromatic carbocycles. The van der Waals surface area contributed by atoms with E-state index >= 15 is 0 Å². The molecule has 0 amide bonds. The van der Waals surface area contributed by atoms with Crippen LogP contribution in [0.2, 0.25) is 0 Å². The summed E-state index contributed by atoms with van der Waals surface area (Å²) in [6.45, 7) is 2.38. The highest BCUT2D eigenvalue weighted by Gasteiger charge is 2.52. The van der Waals surface area contributed by atoms with Crippen molar-refractivity contribution in [2.24, 2.45) is 0 Å². The molecule has 1 rings (SSSR count). The molecule has 0 aromatic rings. The maximum atomic E-state index is 11.2. The van der Waals surface area contributed by atoms with Crippen molar-refractivity contribution < 1.29 is 23.8 Å². The molecule has 5 nitrogen and oxygen atoms in total. The molecule has 0 radical (unpaired) electrons. The van der Waals surface area contributed by atoms with Gasteiger partial charge in [-0.15, -0.1) is 0 Å². The molecule has 1 saturated heterocycles. The summed E-state index contributed by atoms with van der Waals surface area (Å²) in [6.07, 6.45) is 0.272. The summed E-state index contributed by atoms with van der Waals surface area (Å²) in [5, 5.41) is 0. The van der Waals surface area contributed by atoms with Gasteiger partial charge >= 0.3 is 11.9 Å². The molecule has 1 heterocycles. The summed E-state index contributed by atoms with van der Waals surface area (Å²) in [5.74, 6) is -1.00. The van der Waals surface area contributed by atoms with Gasteiger partial charge in [0.05, 0.1) is 13.7 Å². The predicted molar refractivity (Wildman–Crippen MR) is 46.5 cm³/mol. The lowest BCUT2D eigenvalue weighted by molar-refractivity contribution is -0.146. The van der Waals surface area contributed by atoms with Crippen molar-refractivity contribution in [3.63, 3.8) is 0 Å². The maximum absolute atomic E-state index is 11.2. The Morgan fingerprint density at radius 2 is 1.93 bits per heavy atom. The van der Waals surface area contributed by atoms with E-state index in [1.54, 1.807) is 0 Å². The number of rotatable bonds is 5. The van der Waals surface area contributed by atoms with Gasteiger partial charge in [-0.05, 0) is 6.42 Å². The van der Waals surface area contributed by atoms with E-state index in [1.165, 1.54) is 7.11 Å². The summed E-state index contributed by atoms with van der Waals surface area (Å²) in [7, 11) is 1.25. The molecule has 2 atom stereocenters. The van der Waals surface area contributed by atoms with Crippen molar-refractivity contribution in [3.05, 3.63) is 0 Å². The van der Waals surface area contributed by atoms with Gasteiger partial charge in [0, 0.05) is 0 Å². The first-order valence-electron chi connectivity index (χ1n) is 4.60. The molecule has 1 aliphatic heterocycles. The van der Waals surface area contributed by atoms with Crippen molar-refractivity contribution in [3.8, 4) is 0 Å². The molecule has 80 valence electrons. The molecular formula is C9H14O5. The smallest absolute Gasteiger partial charge is 0.338 e. The Morgan fingerprint density at radius 1 is 1.29 bits per heavy atom. The van der Waals surface area contributed by atoms with Crippen LogP contribution in [0, 0.1) is 0 Å². The first-order chi connectivity index (χ1) is 6.70. The van der Waals surface area contributed by atoms with Crippen LogP contribution in [0.5, 0.6) is 0 Å². The van der Waals surface area contributed by atoms with Crippen molar-refractivity contribution in [2.45, 2.75) is 32.0 Å². The van der Waals surface area contributed by atoms with Crippen molar-refractivity contribution in [2.75, 3.05) is 13.7 Å². The zero-order chi connectivity index (χ0) is 10.6. The third kappa shape index (κ3) is 2.70. The predicted octanol–water partition coefficient (Wildman–Crippen LogP) is 0.270. The summed E-state index contributed by atoms with van der Waals surface area (Å²) >= 11 is 0. The lowest BCUT2D eigenvalue weighted by Gasteiger charge is -1.99. The Kier molecular flexibility index (Phi) is 3.88. The fourth-order valence-corrected chi connectivity index (χ4v) is 0.986. The number of hydrogen-bond donors (Lipinski definition) is 0. The van der Waals surface area contributed by atoms with Gasteiger partial charge in [0.25, 0.3) is 0 Å². The molecule has 0 saturated carbocycles. The van der Waals surface area contributed by atoms with E-state index in [9.17, 15) is 9.59 Å². The zero-order valence-corrected chi connectivity index (χ0v) is 8.32. The minimum absolute atomic E-state index is 0.378. The van der Waals surface area contributed by atoms with Crippen LogP contribution in [0.25, 0.3) is 0 Å². The van der Waals surface area contributed by atoms with E-state index in [0.29, 0.717) is 6.61 Å². The van der Waals surface area contributed by atoms with Crippen LogP contribution in [0.4, 0.5) is 0 Å². The standard InChI is InChI=1S/C9H14O5/c1-3-4-5-13-9(11)7-6(14-7)8(10)12-2/h6-7H,3-5H2,1-2H3. The Labute approximate surface area is 82.3 Å². The van der Waals surface area contributed by atoms with Crippen molar-refractivity contribution in [1.82, 2.24) is 0 Å². The highest BCUT2D eigenvalue weighted by Crippen LogP contribution is 2.24. The number of unbranched alkanes of at least 4 members (excludes halogenated alkanes) is 1. The second kappa shape index (κ2) is 4.95. The highest BCUT2D eigenvalue weighted by molar-refractivity contribution is 5.89. The number of carbonyl (C=O) groups is 2. The Balaban J connectivity index is 2.19. The van der Waals surface area contributed by atoms with E-state index in [2.05, 4.69) is 4.74 Å². The second-order valence-corrected chi connectivity index (χ2v) is 3.02. The van der Waals surface area contributed by atoms with Crippen LogP contribution in [-0.4, -0.2) is 37.9 Å². The number of hydrogen-bond acceptors (Lipinski definition) is 5. The number of esters is 2. The zero-order valence-electron chi connectivity index (χ0n) is 8.32. The second-order valence-electron chi connectivity index (χ2n) is 3.02. The van der Waals surface area contributed by atoms with Crippen LogP contribution in [0.1, 0.15) is 19.8 Å². The first-order valence-corrected chi connectivity index (χ1v) is 4.60. The molecule has 0 N–H and O–H groups in total. The van der Waals surface area contributed by atoms with Crippen molar-refractivity contribution >= 4 is 11.9 Å². The quantitative estimate of drug-likeness (QED) is 0.363. The SMILES string of the molecule is CCCCOC(=O)C1OC1C(=O)OC. The maximum Gasteiger partial charge on any atom is 0.338 e. The Morgan fingerprint density at radius 3 is 2.50 bits per heavy atom. The topological polar surface area (TPSA) is 65.1 Å². The Hall–Kier alpha value is -1.10. The molecule has 0 spiro atoms. The van der Waals surface area contributed by atoms with E-state index in [0.717, 1.165) is 12.8 Å². The van der Waals surface area contributed by atoms with Gasteiger partial charge in [-0.2, -0.15) is 0 Å². The summed E-state index contributed by atoms with van der Waals surface area (Å²) in [4.78, 5) is 22.0. The highest BCUT2D eigenvalue weighted by atomic mass is 16.7. The van der Waals surface area contributed by atoms with Gasteiger partial charge < -0.3 is 14.2 Å². The molecule has 1 fully saturated rings. The molecule has 14 heavy (non-hydrogen) atoms. The van der Waals surface area contributed by atoms with Crippen LogP contribution in [0.3, 0.4) is 0 Å². The van der Waals surface area contributed by atoms with Crippen LogP contribution < -0.4 is 0 Å². The molecule has 0 aliphatic carbocycles. The van der Waals surface area contributed by atoms with Gasteiger partial charge in [-0.25, -0.2) is 9.59 Å². The Bertz CT molecular complexity index is 225. The summed E-state index contributed by atoms with van der Waals surface area (Å²) in [6, 6.07) is 0. The van der Waals surface area contributed by atoms with Gasteiger partial charge in [-0.1, -0.05) is 13.3 Å². The minimum atomic E-state index is -0.755. The lowest BCUT2D eigenvalue weighted by atomic mass is 10.3. The number of ether oxygens (including phenoxy) is 3. The average molecular weight is 202 g/mol. The normalized spacial score (nSPS) is 24.1. The first kappa shape index (κ1) is 11.0. The van der Waals surface area contributed by atoms with Gasteiger partial charge in [0.1, 0.15) is 0 Å². The third-order valence-corrected chi connectivity index (χ3v) is 1.90. The average Bonchev–Trinajstić information content (AvgIpc) is 2.96. The van der Waals surface area contributed by atoms with E-state index < -0.39 is 24.1 Å². The molecule has 0 aromatic heterocycles. The van der Waals surface area contributed by atoms with Crippen LogP contribution in [0.15, 0.2) is 0 Å². The van der Waals surface area contributed by atoms with Crippen LogP contribution >= 0.6 is 0 Å². The van der Waals surface area contributed by atoms with Gasteiger partial charge in [0.2, 0.25) is 0 Å². The minimum Gasteiger partial charge on any atom is -0.467 e. The van der Waals surface area contributed by atoms with Crippen molar-refractivity contribution in [1.29, 1.82) is 0 Å². The third-order valence-electron chi connectivity index (χ3n) is 1.90. The largest absolute Gasteiger partial charge is 0.467 e. The lowest BCUT2D eigenvalue weighted by Crippen LogP contribution is -2.19. The van der Waals surface area contributed by atoms with E-state index in [-0.39, 0.29) is 0 Å². The van der Waals surface area contributed by atoms with Gasteiger partial charge in [-0.3, -0.25) is 0 Å². The summed E-state index contributed by atoms with van der Waals surface area (Å²) < 4.78 is 14.1. The molecule has 5 heteroatoms. The fourth-order valence-electron chi connectivity index (χ4n) is 0.986. The van der Waals surface area contributed by atoms with E-state index in [1.807, 2.05) is 6.92 Å². The summed E-state index contributed by atoms with van der Waals surface area (Å²) in [5.41, 5.74) is 0. The molecular weight excluding hydrogens is 188 g/mol. The fraction of sp³-hybridized carbons (Fsp3) is 0.778. The number of epoxide rings is 1. The van der Waals surface area contributed by atoms with Crippen LogP contribution in [-0.2, 0) is 23.8 Å². The molecule has 2 unspecified atom stereocenters. The number of carbonyl (C=O) groups excluding carboxylic acids is 2. The molecule has 1 aliphatic rings. The monoisotopic (exact) mass is 202 g/mol. The molecule has 0 bridgehead atoms. The number of methoxy groups -OCH3 is 1. The van der Waals surface area contributed by atoms with E-state index in [4.69, 9.17) is 9.47 Å².